The molecule has 1 N–H and O–H groups in total. The minimum atomic E-state index is -0.445. The number of aryl methyl sites for hydroxylation is 1. The number of nitro benzene ring substituents is 1. The molecule has 0 saturated carbocycles. The third kappa shape index (κ3) is 3.66. The Kier molecular flexibility index (Phi) is 4.88. The number of rotatable bonds is 5. The fourth-order valence-corrected chi connectivity index (χ4v) is 2.80. The monoisotopic (exact) mass is 352 g/mol. The number of hydrogen-bond acceptors (Lipinski definition) is 5. The maximum absolute atomic E-state index is 13.3. The van der Waals surface area contributed by atoms with E-state index in [1.807, 2.05) is 13.8 Å². The van der Waals surface area contributed by atoms with E-state index in [4.69, 9.17) is 0 Å². The molecule has 26 heavy (non-hydrogen) atoms. The van der Waals surface area contributed by atoms with E-state index in [2.05, 4.69) is 15.3 Å². The van der Waals surface area contributed by atoms with Crippen LogP contribution < -0.4 is 5.32 Å². The second-order valence-electron chi connectivity index (χ2n) is 5.92. The summed E-state index contributed by atoms with van der Waals surface area (Å²) < 4.78 is 13.3. The second kappa shape index (κ2) is 7.26. The van der Waals surface area contributed by atoms with Crippen LogP contribution in [0.3, 0.4) is 0 Å². The zero-order valence-corrected chi connectivity index (χ0v) is 14.3. The smallest absolute Gasteiger partial charge is 0.269 e. The maximum atomic E-state index is 13.3. The van der Waals surface area contributed by atoms with Gasteiger partial charge in [0.25, 0.3) is 5.69 Å². The van der Waals surface area contributed by atoms with Gasteiger partial charge in [-0.15, -0.1) is 0 Å². The minimum absolute atomic E-state index is 0.0162. The summed E-state index contributed by atoms with van der Waals surface area (Å²) in [6, 6.07) is 10.7. The highest BCUT2D eigenvalue weighted by atomic mass is 19.1. The highest BCUT2D eigenvalue weighted by molar-refractivity contribution is 5.72. The summed E-state index contributed by atoms with van der Waals surface area (Å²) >= 11 is 0. The number of hydrogen-bond donors (Lipinski definition) is 1. The molecular formula is C19H17FN4O2. The van der Waals surface area contributed by atoms with E-state index in [-0.39, 0.29) is 17.5 Å². The molecule has 1 heterocycles. The van der Waals surface area contributed by atoms with Gasteiger partial charge in [0.05, 0.1) is 11.0 Å². The van der Waals surface area contributed by atoms with Gasteiger partial charge in [0.15, 0.2) is 5.82 Å². The lowest BCUT2D eigenvalue weighted by Gasteiger charge is -2.19. The summed E-state index contributed by atoms with van der Waals surface area (Å²) in [5.41, 5.74) is 3.11. The molecule has 3 aromatic rings. The Labute approximate surface area is 149 Å². The fourth-order valence-electron chi connectivity index (χ4n) is 2.80. The molecule has 0 aliphatic heterocycles. The van der Waals surface area contributed by atoms with Gasteiger partial charge in [-0.25, -0.2) is 9.37 Å². The molecule has 0 aliphatic rings. The van der Waals surface area contributed by atoms with Gasteiger partial charge in [-0.3, -0.25) is 15.1 Å². The molecule has 6 nitrogen and oxygen atoms in total. The molecular weight excluding hydrogens is 335 g/mol. The van der Waals surface area contributed by atoms with Crippen molar-refractivity contribution >= 4 is 11.5 Å². The van der Waals surface area contributed by atoms with Crippen LogP contribution in [0.15, 0.2) is 54.9 Å². The van der Waals surface area contributed by atoms with E-state index in [0.717, 1.165) is 11.1 Å². The first kappa shape index (κ1) is 17.5. The van der Waals surface area contributed by atoms with Crippen molar-refractivity contribution in [3.63, 3.8) is 0 Å². The van der Waals surface area contributed by atoms with E-state index in [9.17, 15) is 14.5 Å². The van der Waals surface area contributed by atoms with E-state index >= 15 is 0 Å². The minimum Gasteiger partial charge on any atom is -0.362 e. The van der Waals surface area contributed by atoms with Crippen molar-refractivity contribution in [3.8, 4) is 11.3 Å². The predicted octanol–water partition coefficient (Wildman–Crippen LogP) is 4.67. The highest BCUT2D eigenvalue weighted by Crippen LogP contribution is 2.29. The summed E-state index contributed by atoms with van der Waals surface area (Å²) in [5, 5.41) is 14.1. The highest BCUT2D eigenvalue weighted by Gasteiger charge is 2.15. The first-order valence-corrected chi connectivity index (χ1v) is 8.04. The average molecular weight is 352 g/mol. The number of nitrogens with zero attached hydrogens (tertiary/aromatic N) is 3. The standard InChI is InChI=1S/C19H17FN4O2/c1-12-11-15(20)5-8-17(12)13(2)23-19-18(21-9-10-22-19)14-3-6-16(7-4-14)24(25)26/h3-11,13H,1-2H3,(H,22,23). The fraction of sp³-hybridized carbons (Fsp3) is 0.158. The van der Waals surface area contributed by atoms with Gasteiger partial charge in [-0.1, -0.05) is 6.07 Å². The van der Waals surface area contributed by atoms with Crippen LogP contribution in [-0.4, -0.2) is 14.9 Å². The van der Waals surface area contributed by atoms with Crippen LogP contribution >= 0.6 is 0 Å². The molecule has 0 saturated heterocycles. The summed E-state index contributed by atoms with van der Waals surface area (Å²) in [6.45, 7) is 3.80. The average Bonchev–Trinajstić information content (AvgIpc) is 2.62. The Hall–Kier alpha value is -3.35. The number of benzene rings is 2. The normalized spacial score (nSPS) is 11.8. The van der Waals surface area contributed by atoms with Gasteiger partial charge in [-0.2, -0.15) is 0 Å². The number of anilines is 1. The summed E-state index contributed by atoms with van der Waals surface area (Å²) in [6.07, 6.45) is 3.14. The van der Waals surface area contributed by atoms with Crippen LogP contribution in [-0.2, 0) is 0 Å². The first-order chi connectivity index (χ1) is 12.5. The van der Waals surface area contributed by atoms with Crippen LogP contribution in [0.2, 0.25) is 0 Å². The molecule has 132 valence electrons. The molecule has 7 heteroatoms. The molecule has 0 amide bonds. The van der Waals surface area contributed by atoms with Gasteiger partial charge in [0.2, 0.25) is 0 Å². The Morgan fingerprint density at radius 3 is 2.46 bits per heavy atom. The Morgan fingerprint density at radius 1 is 1.12 bits per heavy atom. The van der Waals surface area contributed by atoms with E-state index in [1.54, 1.807) is 30.6 Å². The Morgan fingerprint density at radius 2 is 1.81 bits per heavy atom. The van der Waals surface area contributed by atoms with Crippen LogP contribution in [0.25, 0.3) is 11.3 Å². The molecule has 0 radical (unpaired) electrons. The molecule has 2 aromatic carbocycles. The van der Waals surface area contributed by atoms with Gasteiger partial charge in [-0.05, 0) is 49.2 Å². The summed E-state index contributed by atoms with van der Waals surface area (Å²) in [4.78, 5) is 19.1. The number of nitrogens with one attached hydrogen (secondary N) is 1. The summed E-state index contributed by atoms with van der Waals surface area (Å²) in [5.74, 6) is 0.280. The maximum Gasteiger partial charge on any atom is 0.269 e. The first-order valence-electron chi connectivity index (χ1n) is 8.04. The Bertz CT molecular complexity index is 945. The SMILES string of the molecule is Cc1cc(F)ccc1C(C)Nc1nccnc1-c1ccc([N+](=O)[O-])cc1. The van der Waals surface area contributed by atoms with Gasteiger partial charge in [0, 0.05) is 30.1 Å². The van der Waals surface area contributed by atoms with Gasteiger partial charge >= 0.3 is 0 Å². The van der Waals surface area contributed by atoms with Crippen LogP contribution in [0, 0.1) is 22.9 Å². The number of aromatic nitrogens is 2. The largest absolute Gasteiger partial charge is 0.362 e. The molecule has 0 fully saturated rings. The van der Waals surface area contributed by atoms with Crippen molar-refractivity contribution in [1.82, 2.24) is 9.97 Å². The topological polar surface area (TPSA) is 81.0 Å². The molecule has 1 aromatic heterocycles. The lowest BCUT2D eigenvalue weighted by atomic mass is 10.0. The van der Waals surface area contributed by atoms with E-state index in [0.29, 0.717) is 17.1 Å². The van der Waals surface area contributed by atoms with Crippen molar-refractivity contribution in [1.29, 1.82) is 0 Å². The predicted molar refractivity (Wildman–Crippen MR) is 97.3 cm³/mol. The quantitative estimate of drug-likeness (QED) is 0.533. The molecule has 0 aliphatic carbocycles. The molecule has 1 unspecified atom stereocenters. The van der Waals surface area contributed by atoms with E-state index in [1.165, 1.54) is 24.3 Å². The van der Waals surface area contributed by atoms with Crippen molar-refractivity contribution in [2.24, 2.45) is 0 Å². The van der Waals surface area contributed by atoms with Crippen LogP contribution in [0.5, 0.6) is 0 Å². The van der Waals surface area contributed by atoms with Crippen LogP contribution in [0.4, 0.5) is 15.9 Å². The van der Waals surface area contributed by atoms with Gasteiger partial charge in [0.1, 0.15) is 11.5 Å². The molecule has 3 rings (SSSR count). The molecule has 0 spiro atoms. The molecule has 1 atom stereocenters. The van der Waals surface area contributed by atoms with Crippen molar-refractivity contribution in [2.75, 3.05) is 5.32 Å². The van der Waals surface area contributed by atoms with Crippen molar-refractivity contribution < 1.29 is 9.31 Å². The van der Waals surface area contributed by atoms with Crippen LogP contribution in [0.1, 0.15) is 24.1 Å². The number of halogens is 1. The van der Waals surface area contributed by atoms with Crippen molar-refractivity contribution in [2.45, 2.75) is 19.9 Å². The van der Waals surface area contributed by atoms with E-state index < -0.39 is 4.92 Å². The van der Waals surface area contributed by atoms with Crippen molar-refractivity contribution in [3.05, 3.63) is 81.9 Å². The summed E-state index contributed by atoms with van der Waals surface area (Å²) in [7, 11) is 0. The number of non-ortho nitro benzene ring substituents is 1. The number of nitro groups is 1. The lowest BCUT2D eigenvalue weighted by Crippen LogP contribution is -2.11. The lowest BCUT2D eigenvalue weighted by molar-refractivity contribution is -0.384. The van der Waals surface area contributed by atoms with Gasteiger partial charge < -0.3 is 5.32 Å². The third-order valence-electron chi connectivity index (χ3n) is 4.10. The second-order valence-corrected chi connectivity index (χ2v) is 5.92. The third-order valence-corrected chi connectivity index (χ3v) is 4.10. The zero-order chi connectivity index (χ0) is 18.7. The molecule has 0 bridgehead atoms. The zero-order valence-electron chi connectivity index (χ0n) is 14.3. The Balaban J connectivity index is 1.90.